The molecule has 0 radical (unpaired) electrons. The Morgan fingerprint density at radius 2 is 1.52 bits per heavy atom. The van der Waals surface area contributed by atoms with Gasteiger partial charge in [-0.25, -0.2) is 10.3 Å². The summed E-state index contributed by atoms with van der Waals surface area (Å²) in [5.41, 5.74) is 2.21. The van der Waals surface area contributed by atoms with Crippen molar-refractivity contribution in [2.75, 3.05) is 6.67 Å². The van der Waals surface area contributed by atoms with Crippen molar-refractivity contribution < 1.29 is 48.6 Å². The van der Waals surface area contributed by atoms with Crippen LogP contribution in [0.3, 0.4) is 0 Å². The number of carboxylic acids is 2. The molecule has 1 heterocycles. The van der Waals surface area contributed by atoms with E-state index in [4.69, 9.17) is 19.8 Å². The maximum absolute atomic E-state index is 12.8. The Morgan fingerprint density at radius 1 is 0.833 bits per heavy atom. The van der Waals surface area contributed by atoms with Crippen LogP contribution in [0.25, 0.3) is 11.3 Å². The first-order chi connectivity index (χ1) is 20.0. The van der Waals surface area contributed by atoms with Crippen LogP contribution in [0.5, 0.6) is 0 Å². The van der Waals surface area contributed by atoms with Gasteiger partial charge in [-0.2, -0.15) is 0 Å². The van der Waals surface area contributed by atoms with Crippen molar-refractivity contribution in [2.45, 2.75) is 58.4 Å². The molecule has 0 saturated carbocycles. The number of carbonyl (C=O) groups excluding carboxylic acids is 4. The maximum atomic E-state index is 12.8. The van der Waals surface area contributed by atoms with E-state index in [1.54, 1.807) is 12.4 Å². The highest BCUT2D eigenvalue weighted by Crippen LogP contribution is 2.24. The van der Waals surface area contributed by atoms with E-state index in [0.29, 0.717) is 24.2 Å². The molecule has 1 aromatic carbocycles. The standard InChI is InChI=1S/C28H36N4O10/c1-3-5-6-7-19(18(4-2)26(37)32-41)25(36)29-15-30-27(38)22-13-12-21(42-22)16-8-10-17(11-9-16)24(35)31-20(28(39)40)14-23(33)34/h8-13,18-20,41H,3-7,14-15H2,1-2H3,(H,29,36)(H,30,38)(H,31,35)(H,32,37)(H,33,34)(H,39,40)/t18-,19-,20-/m1/s1. The molecule has 4 amide bonds. The largest absolute Gasteiger partial charge is 0.481 e. The average molecular weight is 589 g/mol. The minimum Gasteiger partial charge on any atom is -0.481 e. The van der Waals surface area contributed by atoms with Crippen LogP contribution in [0.4, 0.5) is 0 Å². The van der Waals surface area contributed by atoms with E-state index in [2.05, 4.69) is 16.0 Å². The van der Waals surface area contributed by atoms with Crippen molar-refractivity contribution in [3.8, 4) is 11.3 Å². The minimum atomic E-state index is -1.59. The van der Waals surface area contributed by atoms with Gasteiger partial charge in [-0.1, -0.05) is 45.2 Å². The van der Waals surface area contributed by atoms with Crippen LogP contribution >= 0.6 is 0 Å². The fraction of sp³-hybridized carbons (Fsp3) is 0.429. The first-order valence-electron chi connectivity index (χ1n) is 13.5. The van der Waals surface area contributed by atoms with Crippen molar-refractivity contribution in [1.29, 1.82) is 0 Å². The van der Waals surface area contributed by atoms with Crippen LogP contribution in [0.2, 0.25) is 0 Å². The van der Waals surface area contributed by atoms with Gasteiger partial charge in [-0.15, -0.1) is 0 Å². The fourth-order valence-corrected chi connectivity index (χ4v) is 4.31. The van der Waals surface area contributed by atoms with Crippen LogP contribution in [-0.2, 0) is 19.2 Å². The van der Waals surface area contributed by atoms with E-state index in [9.17, 15) is 28.8 Å². The van der Waals surface area contributed by atoms with E-state index < -0.39 is 59.9 Å². The van der Waals surface area contributed by atoms with Crippen molar-refractivity contribution in [1.82, 2.24) is 21.4 Å². The molecule has 0 aliphatic carbocycles. The second-order valence-electron chi connectivity index (χ2n) is 9.52. The van der Waals surface area contributed by atoms with Gasteiger partial charge in [-0.05, 0) is 37.1 Å². The van der Waals surface area contributed by atoms with Gasteiger partial charge < -0.3 is 30.6 Å². The van der Waals surface area contributed by atoms with Crippen LogP contribution in [0, 0.1) is 11.8 Å². The Bertz CT molecular complexity index is 1260. The third-order valence-corrected chi connectivity index (χ3v) is 6.58. The first kappa shape index (κ1) is 33.5. The van der Waals surface area contributed by atoms with E-state index in [0.717, 1.165) is 19.3 Å². The highest BCUT2D eigenvalue weighted by Gasteiger charge is 2.32. The van der Waals surface area contributed by atoms with Gasteiger partial charge in [0.2, 0.25) is 11.8 Å². The molecule has 14 nitrogen and oxygen atoms in total. The van der Waals surface area contributed by atoms with Crippen molar-refractivity contribution in [2.24, 2.45) is 11.8 Å². The molecular formula is C28H36N4O10. The summed E-state index contributed by atoms with van der Waals surface area (Å²) in [5, 5.41) is 34.3. The molecule has 0 saturated heterocycles. The van der Waals surface area contributed by atoms with E-state index >= 15 is 0 Å². The predicted octanol–water partition coefficient (Wildman–Crippen LogP) is 2.14. The van der Waals surface area contributed by atoms with Crippen LogP contribution in [0.1, 0.15) is 73.3 Å². The highest BCUT2D eigenvalue weighted by molar-refractivity contribution is 5.98. The van der Waals surface area contributed by atoms with Crippen molar-refractivity contribution in [3.63, 3.8) is 0 Å². The van der Waals surface area contributed by atoms with Gasteiger partial charge in [0.1, 0.15) is 11.8 Å². The molecule has 0 unspecified atom stereocenters. The Labute approximate surface area is 241 Å². The summed E-state index contributed by atoms with van der Waals surface area (Å²) >= 11 is 0. The predicted molar refractivity (Wildman–Crippen MR) is 147 cm³/mol. The van der Waals surface area contributed by atoms with E-state index in [-0.39, 0.29) is 18.0 Å². The number of hydrogen-bond acceptors (Lipinski definition) is 8. The summed E-state index contributed by atoms with van der Waals surface area (Å²) in [6.45, 7) is 3.54. The molecule has 7 N–H and O–H groups in total. The number of rotatable bonds is 17. The third kappa shape index (κ3) is 9.73. The number of carbonyl (C=O) groups is 6. The zero-order chi connectivity index (χ0) is 31.2. The zero-order valence-electron chi connectivity index (χ0n) is 23.3. The number of amides is 4. The van der Waals surface area contributed by atoms with Crippen LogP contribution in [0.15, 0.2) is 40.8 Å². The van der Waals surface area contributed by atoms with E-state index in [1.807, 2.05) is 6.92 Å². The maximum Gasteiger partial charge on any atom is 0.326 e. The lowest BCUT2D eigenvalue weighted by atomic mass is 9.84. The Morgan fingerprint density at radius 3 is 2.10 bits per heavy atom. The number of carboxylic acid groups (broad SMARTS) is 2. The zero-order valence-corrected chi connectivity index (χ0v) is 23.3. The summed E-state index contributed by atoms with van der Waals surface area (Å²) in [4.78, 5) is 71.8. The van der Waals surface area contributed by atoms with Crippen molar-refractivity contribution >= 4 is 35.6 Å². The molecule has 3 atom stereocenters. The molecular weight excluding hydrogens is 552 g/mol. The Hall–Kier alpha value is -4.72. The molecule has 2 aromatic rings. The van der Waals surface area contributed by atoms with Crippen LogP contribution < -0.4 is 21.4 Å². The van der Waals surface area contributed by atoms with Gasteiger partial charge in [-0.3, -0.25) is 29.2 Å². The van der Waals surface area contributed by atoms with Gasteiger partial charge in [0.15, 0.2) is 5.76 Å². The SMILES string of the molecule is CCCCC[C@@H](C(=O)NCNC(=O)c1ccc(-c2ccc(C(=O)N[C@H](CC(=O)O)C(=O)O)cc2)o1)[C@@H](CC)C(=O)NO. The topological polar surface area (TPSA) is 224 Å². The molecule has 0 aliphatic heterocycles. The molecule has 1 aromatic heterocycles. The lowest BCUT2D eigenvalue weighted by molar-refractivity contribution is -0.145. The smallest absolute Gasteiger partial charge is 0.326 e. The summed E-state index contributed by atoms with van der Waals surface area (Å²) in [5.74, 6) is -6.47. The highest BCUT2D eigenvalue weighted by atomic mass is 16.5. The Balaban J connectivity index is 1.98. The van der Waals surface area contributed by atoms with Crippen molar-refractivity contribution in [3.05, 3.63) is 47.7 Å². The lowest BCUT2D eigenvalue weighted by Gasteiger charge is -2.24. The molecule has 0 bridgehead atoms. The van der Waals surface area contributed by atoms with Gasteiger partial charge in [0, 0.05) is 17.0 Å². The van der Waals surface area contributed by atoms with Crippen LogP contribution in [-0.4, -0.2) is 63.7 Å². The molecule has 0 fully saturated rings. The monoisotopic (exact) mass is 588 g/mol. The number of aliphatic carboxylic acids is 2. The van der Waals surface area contributed by atoms with E-state index in [1.165, 1.54) is 36.4 Å². The van der Waals surface area contributed by atoms with Gasteiger partial charge in [0.05, 0.1) is 19.0 Å². The summed E-state index contributed by atoms with van der Waals surface area (Å²) in [7, 11) is 0. The molecule has 0 aliphatic rings. The van der Waals surface area contributed by atoms with Gasteiger partial charge >= 0.3 is 11.9 Å². The number of nitrogens with one attached hydrogen (secondary N) is 4. The second-order valence-corrected chi connectivity index (χ2v) is 9.52. The number of hydroxylamine groups is 1. The number of furan rings is 1. The molecule has 0 spiro atoms. The molecule has 2 rings (SSSR count). The number of unbranched alkanes of at least 4 members (excludes halogenated alkanes) is 2. The lowest BCUT2D eigenvalue weighted by Crippen LogP contribution is -2.44. The third-order valence-electron chi connectivity index (χ3n) is 6.58. The average Bonchev–Trinajstić information content (AvgIpc) is 3.46. The normalized spacial score (nSPS) is 12.8. The number of hydrogen-bond donors (Lipinski definition) is 7. The summed E-state index contributed by atoms with van der Waals surface area (Å²) < 4.78 is 5.59. The number of benzene rings is 1. The first-order valence-corrected chi connectivity index (χ1v) is 13.5. The minimum absolute atomic E-state index is 0.0513. The fourth-order valence-electron chi connectivity index (χ4n) is 4.31. The molecule has 228 valence electrons. The quantitative estimate of drug-likeness (QED) is 0.0617. The second kappa shape index (κ2) is 16.5. The molecule has 14 heteroatoms. The molecule has 42 heavy (non-hydrogen) atoms. The summed E-state index contributed by atoms with van der Waals surface area (Å²) in [6.07, 6.45) is 2.55. The van der Waals surface area contributed by atoms with Gasteiger partial charge in [0.25, 0.3) is 11.8 Å². The Kier molecular flexibility index (Phi) is 13.2. The summed E-state index contributed by atoms with van der Waals surface area (Å²) in [6, 6.07) is 7.15.